The second-order valence-electron chi connectivity index (χ2n) is 5.15. The van der Waals surface area contributed by atoms with E-state index >= 15 is 0 Å². The van der Waals surface area contributed by atoms with E-state index in [1.807, 2.05) is 21.0 Å². The van der Waals surface area contributed by atoms with Crippen LogP contribution in [0.1, 0.15) is 29.7 Å². The van der Waals surface area contributed by atoms with Crippen LogP contribution in [0.25, 0.3) is 0 Å². The molecule has 21 heavy (non-hydrogen) atoms. The summed E-state index contributed by atoms with van der Waals surface area (Å²) in [7, 11) is 3.65. The van der Waals surface area contributed by atoms with E-state index in [9.17, 15) is 4.79 Å². The third-order valence-corrected chi connectivity index (χ3v) is 4.10. The molecule has 6 heteroatoms. The lowest BCUT2D eigenvalue weighted by Gasteiger charge is -2.19. The van der Waals surface area contributed by atoms with Crippen LogP contribution >= 0.6 is 23.2 Å². The van der Waals surface area contributed by atoms with Crippen molar-refractivity contribution in [3.63, 3.8) is 0 Å². The molecule has 0 bridgehead atoms. The van der Waals surface area contributed by atoms with E-state index in [1.165, 1.54) is 0 Å². The highest BCUT2D eigenvalue weighted by molar-refractivity contribution is 6.36. The van der Waals surface area contributed by atoms with Crippen LogP contribution in [0.4, 0.5) is 5.95 Å². The normalized spacial score (nSPS) is 12.3. The Kier molecular flexibility index (Phi) is 4.59. The summed E-state index contributed by atoms with van der Waals surface area (Å²) in [6.45, 7) is 3.70. The Bertz CT molecular complexity index is 705. The van der Waals surface area contributed by atoms with Gasteiger partial charge in [0.2, 0.25) is 5.95 Å². The third kappa shape index (κ3) is 3.06. The Balaban J connectivity index is 2.63. The fourth-order valence-electron chi connectivity index (χ4n) is 2.23. The van der Waals surface area contributed by atoms with Gasteiger partial charge in [0, 0.05) is 35.6 Å². The van der Waals surface area contributed by atoms with Crippen molar-refractivity contribution < 1.29 is 0 Å². The van der Waals surface area contributed by atoms with Gasteiger partial charge in [-0.3, -0.25) is 9.78 Å². The molecule has 0 fully saturated rings. The molecule has 0 saturated heterocycles. The number of H-pyrrole nitrogens is 1. The molecule has 112 valence electrons. The average Bonchev–Trinajstić information content (AvgIpc) is 2.41. The first kappa shape index (κ1) is 15.9. The van der Waals surface area contributed by atoms with E-state index in [0.717, 1.165) is 5.56 Å². The van der Waals surface area contributed by atoms with Crippen molar-refractivity contribution in [2.24, 2.45) is 0 Å². The molecule has 0 amide bonds. The van der Waals surface area contributed by atoms with Crippen molar-refractivity contribution >= 4 is 29.2 Å². The zero-order chi connectivity index (χ0) is 15.7. The van der Waals surface area contributed by atoms with Gasteiger partial charge in [-0.05, 0) is 24.6 Å². The number of hydrogen-bond acceptors (Lipinski definition) is 3. The number of aromatic amines is 1. The van der Waals surface area contributed by atoms with Gasteiger partial charge < -0.3 is 4.90 Å². The van der Waals surface area contributed by atoms with Crippen molar-refractivity contribution in [3.05, 3.63) is 55.4 Å². The largest absolute Gasteiger partial charge is 0.348 e. The molecule has 1 atom stereocenters. The highest BCUT2D eigenvalue weighted by Crippen LogP contribution is 2.35. The molecule has 2 aromatic rings. The van der Waals surface area contributed by atoms with E-state index in [-0.39, 0.29) is 11.5 Å². The smallest absolute Gasteiger partial charge is 0.255 e. The van der Waals surface area contributed by atoms with Gasteiger partial charge in [0.1, 0.15) is 0 Å². The van der Waals surface area contributed by atoms with Crippen molar-refractivity contribution in [1.82, 2.24) is 9.97 Å². The summed E-state index contributed by atoms with van der Waals surface area (Å²) in [6.07, 6.45) is 0. The molecular weight excluding hydrogens is 309 g/mol. The quantitative estimate of drug-likeness (QED) is 0.937. The summed E-state index contributed by atoms with van der Waals surface area (Å²) in [5.41, 5.74) is 1.88. The zero-order valence-corrected chi connectivity index (χ0v) is 13.9. The van der Waals surface area contributed by atoms with Crippen LogP contribution in [-0.4, -0.2) is 24.1 Å². The first-order valence-electron chi connectivity index (χ1n) is 6.55. The average molecular weight is 326 g/mol. The number of hydrogen-bond donors (Lipinski definition) is 1. The minimum absolute atomic E-state index is 0.154. The second-order valence-corrected chi connectivity index (χ2v) is 5.97. The molecule has 1 aromatic heterocycles. The van der Waals surface area contributed by atoms with E-state index in [0.29, 0.717) is 27.3 Å². The minimum atomic E-state index is -0.174. The Morgan fingerprint density at radius 3 is 2.33 bits per heavy atom. The molecular formula is C15H17Cl2N3O. The van der Waals surface area contributed by atoms with Crippen LogP contribution in [-0.2, 0) is 0 Å². The Labute approximate surface area is 133 Å². The Morgan fingerprint density at radius 1 is 1.24 bits per heavy atom. The molecule has 1 unspecified atom stereocenters. The van der Waals surface area contributed by atoms with Crippen molar-refractivity contribution in [1.29, 1.82) is 0 Å². The third-order valence-electron chi connectivity index (χ3n) is 3.44. The maximum Gasteiger partial charge on any atom is 0.255 e. The standard InChI is InChI=1S/C15H17Cl2N3O/c1-8(12-10(16)6-5-7-11(12)17)13-9(2)14(21)19-15(18-13)20(3)4/h5-8H,1-4H3,(H,18,19,21). The number of nitrogens with one attached hydrogen (secondary N) is 1. The topological polar surface area (TPSA) is 49.0 Å². The lowest BCUT2D eigenvalue weighted by Crippen LogP contribution is -2.23. The molecule has 0 aliphatic heterocycles. The highest BCUT2D eigenvalue weighted by atomic mass is 35.5. The van der Waals surface area contributed by atoms with Crippen LogP contribution in [0.2, 0.25) is 10.0 Å². The summed E-state index contributed by atoms with van der Waals surface area (Å²) in [4.78, 5) is 21.1. The second kappa shape index (κ2) is 6.08. The van der Waals surface area contributed by atoms with E-state index in [1.54, 1.807) is 30.0 Å². The molecule has 0 radical (unpaired) electrons. The molecule has 2 rings (SSSR count). The zero-order valence-electron chi connectivity index (χ0n) is 12.4. The van der Waals surface area contributed by atoms with Gasteiger partial charge in [-0.25, -0.2) is 4.98 Å². The van der Waals surface area contributed by atoms with Gasteiger partial charge in [0.15, 0.2) is 0 Å². The fraction of sp³-hybridized carbons (Fsp3) is 0.333. The summed E-state index contributed by atoms with van der Waals surface area (Å²) in [6, 6.07) is 5.37. The number of anilines is 1. The molecule has 0 aliphatic carbocycles. The summed E-state index contributed by atoms with van der Waals surface area (Å²) >= 11 is 12.5. The van der Waals surface area contributed by atoms with Crippen molar-refractivity contribution in [3.8, 4) is 0 Å². The lowest BCUT2D eigenvalue weighted by molar-refractivity contribution is 0.823. The molecule has 4 nitrogen and oxygen atoms in total. The molecule has 0 spiro atoms. The lowest BCUT2D eigenvalue weighted by atomic mass is 9.95. The van der Waals surface area contributed by atoms with Crippen LogP contribution in [0.5, 0.6) is 0 Å². The molecule has 0 saturated carbocycles. The van der Waals surface area contributed by atoms with Gasteiger partial charge in [0.25, 0.3) is 5.56 Å². The van der Waals surface area contributed by atoms with Gasteiger partial charge in [-0.2, -0.15) is 0 Å². The highest BCUT2D eigenvalue weighted by Gasteiger charge is 2.21. The molecule has 1 heterocycles. The molecule has 1 N–H and O–H groups in total. The summed E-state index contributed by atoms with van der Waals surface area (Å²) in [5, 5.41) is 1.14. The van der Waals surface area contributed by atoms with Crippen molar-refractivity contribution in [2.45, 2.75) is 19.8 Å². The maximum atomic E-state index is 12.1. The van der Waals surface area contributed by atoms with E-state index in [2.05, 4.69) is 9.97 Å². The first-order valence-corrected chi connectivity index (χ1v) is 7.30. The maximum absolute atomic E-state index is 12.1. The monoisotopic (exact) mass is 325 g/mol. The fourth-order valence-corrected chi connectivity index (χ4v) is 2.96. The van der Waals surface area contributed by atoms with Gasteiger partial charge in [-0.15, -0.1) is 0 Å². The molecule has 1 aromatic carbocycles. The van der Waals surface area contributed by atoms with Crippen molar-refractivity contribution in [2.75, 3.05) is 19.0 Å². The Morgan fingerprint density at radius 2 is 1.81 bits per heavy atom. The number of nitrogens with zero attached hydrogens (tertiary/aromatic N) is 2. The van der Waals surface area contributed by atoms with Crippen LogP contribution in [0, 0.1) is 6.92 Å². The first-order chi connectivity index (χ1) is 9.82. The summed E-state index contributed by atoms with van der Waals surface area (Å²) in [5.74, 6) is 0.336. The SMILES string of the molecule is Cc1c(C(C)c2c(Cl)cccc2Cl)nc(N(C)C)[nH]c1=O. The van der Waals surface area contributed by atoms with Gasteiger partial charge in [0.05, 0.1) is 5.69 Å². The predicted molar refractivity (Wildman–Crippen MR) is 87.9 cm³/mol. The number of aromatic nitrogens is 2. The number of halogens is 2. The molecule has 0 aliphatic rings. The predicted octanol–water partition coefficient (Wildman–Crippen LogP) is 3.60. The summed E-state index contributed by atoms with van der Waals surface area (Å²) < 4.78 is 0. The number of rotatable bonds is 3. The van der Waals surface area contributed by atoms with E-state index in [4.69, 9.17) is 23.2 Å². The van der Waals surface area contributed by atoms with Crippen LogP contribution < -0.4 is 10.5 Å². The number of benzene rings is 1. The van der Waals surface area contributed by atoms with Crippen LogP contribution in [0.15, 0.2) is 23.0 Å². The minimum Gasteiger partial charge on any atom is -0.348 e. The van der Waals surface area contributed by atoms with Gasteiger partial charge in [-0.1, -0.05) is 36.2 Å². The van der Waals surface area contributed by atoms with E-state index < -0.39 is 0 Å². The van der Waals surface area contributed by atoms with Gasteiger partial charge >= 0.3 is 0 Å². The van der Waals surface area contributed by atoms with Crippen LogP contribution in [0.3, 0.4) is 0 Å². The Hall–Kier alpha value is -1.52.